The third-order valence-electron chi connectivity index (χ3n) is 3.06. The Kier molecular flexibility index (Phi) is 6.57. The number of halogens is 3. The van der Waals surface area contributed by atoms with Gasteiger partial charge >= 0.3 is 0 Å². The molecule has 0 unspecified atom stereocenters. The summed E-state index contributed by atoms with van der Waals surface area (Å²) in [6, 6.07) is 15.3. The molecule has 5 nitrogen and oxygen atoms in total. The number of rotatable bonds is 2. The summed E-state index contributed by atoms with van der Waals surface area (Å²) < 4.78 is 0. The van der Waals surface area contributed by atoms with Gasteiger partial charge in [0.1, 0.15) is 5.69 Å². The summed E-state index contributed by atoms with van der Waals surface area (Å²) >= 11 is 6.29. The second-order valence-corrected chi connectivity index (χ2v) is 4.87. The van der Waals surface area contributed by atoms with Crippen LogP contribution in [0.4, 0.5) is 5.82 Å². The maximum absolute atomic E-state index is 7.35. The normalized spacial score (nSPS) is 9.61. The highest BCUT2D eigenvalue weighted by molar-refractivity contribution is 6.37. The van der Waals surface area contributed by atoms with E-state index in [9.17, 15) is 0 Å². The van der Waals surface area contributed by atoms with Crippen molar-refractivity contribution in [1.82, 2.24) is 10.2 Å². The fourth-order valence-electron chi connectivity index (χ4n) is 2.19. The molecule has 0 fully saturated rings. The van der Waals surface area contributed by atoms with E-state index in [1.165, 1.54) is 0 Å². The van der Waals surface area contributed by atoms with Gasteiger partial charge in [0.05, 0.1) is 5.02 Å². The van der Waals surface area contributed by atoms with Crippen LogP contribution < -0.4 is 11.1 Å². The van der Waals surface area contributed by atoms with E-state index in [0.717, 1.165) is 16.6 Å². The van der Waals surface area contributed by atoms with Crippen LogP contribution >= 0.6 is 36.4 Å². The lowest BCUT2D eigenvalue weighted by Crippen LogP contribution is -2.21. The van der Waals surface area contributed by atoms with Crippen LogP contribution in [0.1, 0.15) is 0 Å². The highest BCUT2D eigenvalue weighted by atomic mass is 35.5. The Labute approximate surface area is 150 Å². The van der Waals surface area contributed by atoms with Crippen molar-refractivity contribution in [3.05, 3.63) is 53.6 Å². The molecule has 0 aliphatic heterocycles. The topological polar surface area (TPSA) is 87.7 Å². The van der Waals surface area contributed by atoms with Crippen LogP contribution in [0.3, 0.4) is 0 Å². The molecule has 0 bridgehead atoms. The molecule has 0 radical (unpaired) electrons. The van der Waals surface area contributed by atoms with Gasteiger partial charge in [0.2, 0.25) is 0 Å². The minimum absolute atomic E-state index is 0. The molecule has 2 aromatic carbocycles. The van der Waals surface area contributed by atoms with E-state index in [1.54, 1.807) is 6.07 Å². The molecule has 0 amide bonds. The van der Waals surface area contributed by atoms with Crippen LogP contribution in [0.25, 0.3) is 22.0 Å². The first-order chi connectivity index (χ1) is 10.2. The zero-order chi connectivity index (χ0) is 14.8. The van der Waals surface area contributed by atoms with Crippen LogP contribution in [0.2, 0.25) is 5.02 Å². The molecular formula is C15H14Cl3N5. The van der Waals surface area contributed by atoms with Crippen LogP contribution in [0, 0.1) is 5.41 Å². The molecule has 0 atom stereocenters. The number of benzene rings is 2. The summed E-state index contributed by atoms with van der Waals surface area (Å²) in [4.78, 5) is 0. The van der Waals surface area contributed by atoms with Gasteiger partial charge < -0.3 is 11.1 Å². The van der Waals surface area contributed by atoms with Gasteiger partial charge in [0, 0.05) is 16.3 Å². The van der Waals surface area contributed by atoms with Crippen molar-refractivity contribution in [3.8, 4) is 11.3 Å². The summed E-state index contributed by atoms with van der Waals surface area (Å²) in [5.41, 5.74) is 7.06. The molecule has 3 aromatic rings. The maximum atomic E-state index is 7.35. The summed E-state index contributed by atoms with van der Waals surface area (Å²) in [7, 11) is 0. The molecule has 0 aliphatic carbocycles. The van der Waals surface area contributed by atoms with Gasteiger partial charge in [-0.2, -0.15) is 0 Å². The number of nitrogens with two attached hydrogens (primary N) is 1. The average Bonchev–Trinajstić information content (AvgIpc) is 2.48. The number of aromatic nitrogens is 2. The van der Waals surface area contributed by atoms with Gasteiger partial charge in [-0.15, -0.1) is 35.0 Å². The Morgan fingerprint density at radius 3 is 2.35 bits per heavy atom. The predicted molar refractivity (Wildman–Crippen MR) is 100 cm³/mol. The van der Waals surface area contributed by atoms with Crippen LogP contribution in [0.5, 0.6) is 0 Å². The van der Waals surface area contributed by atoms with Gasteiger partial charge in [-0.05, 0) is 6.07 Å². The smallest absolute Gasteiger partial charge is 0.191 e. The van der Waals surface area contributed by atoms with Gasteiger partial charge in [0.25, 0.3) is 0 Å². The summed E-state index contributed by atoms with van der Waals surface area (Å²) in [6.45, 7) is 0. The molecule has 0 aliphatic rings. The first-order valence-electron chi connectivity index (χ1n) is 6.28. The van der Waals surface area contributed by atoms with Gasteiger partial charge in [-0.3, -0.25) is 5.41 Å². The fraction of sp³-hybridized carbons (Fsp3) is 0. The molecule has 0 spiro atoms. The SMILES string of the molecule is Cl.Cl.N=C(N)Nc1nnc(-c2ccccc2)c2cccc(Cl)c12. The highest BCUT2D eigenvalue weighted by Gasteiger charge is 2.13. The van der Waals surface area contributed by atoms with Crippen molar-refractivity contribution in [2.75, 3.05) is 5.32 Å². The van der Waals surface area contributed by atoms with Crippen molar-refractivity contribution in [1.29, 1.82) is 5.41 Å². The molecule has 120 valence electrons. The lowest BCUT2D eigenvalue weighted by atomic mass is 10.0. The summed E-state index contributed by atoms with van der Waals surface area (Å²) in [5, 5.41) is 20.5. The number of hydrogen-bond acceptors (Lipinski definition) is 3. The number of nitrogens with zero attached hydrogens (tertiary/aromatic N) is 2. The monoisotopic (exact) mass is 369 g/mol. The summed E-state index contributed by atoms with van der Waals surface area (Å²) in [5.74, 6) is 0.167. The number of guanidine groups is 1. The van der Waals surface area contributed by atoms with Crippen molar-refractivity contribution in [3.63, 3.8) is 0 Å². The Balaban J connectivity index is 0.00000132. The Hall–Kier alpha value is -2.08. The van der Waals surface area contributed by atoms with Crippen molar-refractivity contribution in [2.24, 2.45) is 5.73 Å². The Bertz CT molecular complexity index is 824. The first-order valence-corrected chi connectivity index (χ1v) is 6.66. The molecular weight excluding hydrogens is 357 g/mol. The quantitative estimate of drug-likeness (QED) is 0.468. The van der Waals surface area contributed by atoms with Crippen molar-refractivity contribution >= 4 is 59.0 Å². The van der Waals surface area contributed by atoms with Gasteiger partial charge in [-0.1, -0.05) is 54.1 Å². The fourth-order valence-corrected chi connectivity index (χ4v) is 2.45. The molecule has 4 N–H and O–H groups in total. The molecule has 1 aromatic heterocycles. The Morgan fingerprint density at radius 1 is 1.00 bits per heavy atom. The third kappa shape index (κ3) is 3.82. The van der Waals surface area contributed by atoms with E-state index in [0.29, 0.717) is 16.2 Å². The molecule has 0 saturated carbocycles. The first kappa shape index (κ1) is 19.0. The lowest BCUT2D eigenvalue weighted by Gasteiger charge is -2.11. The molecule has 0 saturated heterocycles. The minimum atomic E-state index is -0.210. The second kappa shape index (κ2) is 7.97. The largest absolute Gasteiger partial charge is 0.370 e. The van der Waals surface area contributed by atoms with E-state index in [-0.39, 0.29) is 30.8 Å². The predicted octanol–water partition coefficient (Wildman–Crippen LogP) is 4.10. The zero-order valence-corrected chi connectivity index (χ0v) is 14.2. The molecule has 1 heterocycles. The lowest BCUT2D eigenvalue weighted by molar-refractivity contribution is 1.06. The van der Waals surface area contributed by atoms with Crippen molar-refractivity contribution < 1.29 is 0 Å². The number of hydrogen-bond donors (Lipinski definition) is 3. The molecule has 8 heteroatoms. The highest BCUT2D eigenvalue weighted by Crippen LogP contribution is 2.34. The van der Waals surface area contributed by atoms with Crippen molar-refractivity contribution in [2.45, 2.75) is 0 Å². The van der Waals surface area contributed by atoms with E-state index in [2.05, 4.69) is 15.5 Å². The zero-order valence-electron chi connectivity index (χ0n) is 11.8. The van der Waals surface area contributed by atoms with Crippen LogP contribution in [-0.4, -0.2) is 16.2 Å². The van der Waals surface area contributed by atoms with E-state index in [1.807, 2.05) is 42.5 Å². The number of anilines is 1. The van der Waals surface area contributed by atoms with E-state index in [4.69, 9.17) is 22.7 Å². The number of nitrogens with one attached hydrogen (secondary N) is 2. The molecule has 3 rings (SSSR count). The van der Waals surface area contributed by atoms with Gasteiger partial charge in [0.15, 0.2) is 11.8 Å². The molecule has 23 heavy (non-hydrogen) atoms. The van der Waals surface area contributed by atoms with Gasteiger partial charge in [-0.25, -0.2) is 0 Å². The summed E-state index contributed by atoms with van der Waals surface area (Å²) in [6.07, 6.45) is 0. The Morgan fingerprint density at radius 2 is 1.70 bits per heavy atom. The van der Waals surface area contributed by atoms with Crippen LogP contribution in [-0.2, 0) is 0 Å². The van der Waals surface area contributed by atoms with E-state index >= 15 is 0 Å². The maximum Gasteiger partial charge on any atom is 0.191 e. The minimum Gasteiger partial charge on any atom is -0.370 e. The number of fused-ring (bicyclic) bond motifs is 1. The third-order valence-corrected chi connectivity index (χ3v) is 3.37. The van der Waals surface area contributed by atoms with Crippen LogP contribution in [0.15, 0.2) is 48.5 Å². The standard InChI is InChI=1S/C15H12ClN5.2ClH/c16-11-8-4-7-10-12(11)14(19-15(17)18)21-20-13(10)9-5-2-1-3-6-9;;/h1-8H,(H4,17,18,19,21);2*1H. The second-order valence-electron chi connectivity index (χ2n) is 4.46. The average molecular weight is 371 g/mol. The van der Waals surface area contributed by atoms with E-state index < -0.39 is 0 Å².